The van der Waals surface area contributed by atoms with Gasteiger partial charge in [-0.1, -0.05) is 82.5 Å². The molecule has 1 aromatic heterocycles. The number of hydrogen-bond donors (Lipinski definition) is 0. The number of nitrogens with zero attached hydrogens (tertiary/aromatic N) is 4. The molecular formula is C27H24Br2N4O4. The fraction of sp³-hybridized carbons (Fsp3) is 0.222. The Bertz CT molecular complexity index is 1610. The maximum atomic E-state index is 13.5. The molecule has 3 aromatic carbocycles. The zero-order valence-electron chi connectivity index (χ0n) is 20.7. The van der Waals surface area contributed by atoms with Gasteiger partial charge in [0.2, 0.25) is 5.75 Å². The molecule has 0 aliphatic carbocycles. The molecule has 0 amide bonds. The van der Waals surface area contributed by atoms with Crippen molar-refractivity contribution in [1.82, 2.24) is 9.66 Å². The van der Waals surface area contributed by atoms with Gasteiger partial charge in [-0.3, -0.25) is 14.9 Å². The number of benzene rings is 3. The molecule has 8 nitrogen and oxygen atoms in total. The first-order valence-corrected chi connectivity index (χ1v) is 13.0. The molecule has 0 aliphatic heterocycles. The van der Waals surface area contributed by atoms with Gasteiger partial charge in [-0.2, -0.15) is 9.78 Å². The van der Waals surface area contributed by atoms with Gasteiger partial charge < -0.3 is 4.74 Å². The molecule has 37 heavy (non-hydrogen) atoms. The number of nitro benzene ring substituents is 1. The zero-order chi connectivity index (χ0) is 26.9. The summed E-state index contributed by atoms with van der Waals surface area (Å²) in [4.78, 5) is 29.6. The van der Waals surface area contributed by atoms with Crippen molar-refractivity contribution in [2.24, 2.45) is 5.10 Å². The Morgan fingerprint density at radius 1 is 1.11 bits per heavy atom. The number of ether oxygens (including phenoxy) is 1. The largest absolute Gasteiger partial charge is 0.481 e. The van der Waals surface area contributed by atoms with Crippen LogP contribution in [-0.2, 0) is 12.0 Å². The highest BCUT2D eigenvalue weighted by Crippen LogP contribution is 2.34. The highest BCUT2D eigenvalue weighted by molar-refractivity contribution is 9.10. The molecule has 0 radical (unpaired) electrons. The van der Waals surface area contributed by atoms with Gasteiger partial charge in [0.15, 0.2) is 0 Å². The van der Waals surface area contributed by atoms with E-state index in [0.29, 0.717) is 26.8 Å². The lowest BCUT2D eigenvalue weighted by molar-refractivity contribution is -0.386. The molecule has 4 aromatic rings. The van der Waals surface area contributed by atoms with E-state index in [1.165, 1.54) is 17.0 Å². The monoisotopic (exact) mass is 626 g/mol. The van der Waals surface area contributed by atoms with Crippen LogP contribution in [0.3, 0.4) is 0 Å². The van der Waals surface area contributed by atoms with Crippen LogP contribution < -0.4 is 10.3 Å². The van der Waals surface area contributed by atoms with Crippen molar-refractivity contribution < 1.29 is 9.66 Å². The first-order chi connectivity index (χ1) is 17.4. The minimum Gasteiger partial charge on any atom is -0.481 e. The number of fused-ring (bicyclic) bond motifs is 1. The van der Waals surface area contributed by atoms with Gasteiger partial charge in [0.1, 0.15) is 12.4 Å². The van der Waals surface area contributed by atoms with Crippen LogP contribution in [0, 0.1) is 17.0 Å². The third-order valence-corrected chi connectivity index (χ3v) is 6.47. The molecule has 0 unspecified atom stereocenters. The van der Waals surface area contributed by atoms with Crippen molar-refractivity contribution in [3.05, 3.63) is 107 Å². The van der Waals surface area contributed by atoms with E-state index in [1.54, 1.807) is 18.2 Å². The van der Waals surface area contributed by atoms with Gasteiger partial charge >= 0.3 is 5.69 Å². The Morgan fingerprint density at radius 2 is 1.86 bits per heavy atom. The summed E-state index contributed by atoms with van der Waals surface area (Å²) in [6, 6.07) is 16.0. The Kier molecular flexibility index (Phi) is 7.61. The maximum Gasteiger partial charge on any atom is 0.312 e. The van der Waals surface area contributed by atoms with E-state index in [0.717, 1.165) is 15.6 Å². The third kappa shape index (κ3) is 5.97. The number of halogens is 2. The molecule has 0 bridgehead atoms. The van der Waals surface area contributed by atoms with Crippen LogP contribution in [0.25, 0.3) is 10.9 Å². The lowest BCUT2D eigenvalue weighted by Crippen LogP contribution is -2.29. The van der Waals surface area contributed by atoms with Gasteiger partial charge in [0.05, 0.1) is 22.0 Å². The first kappa shape index (κ1) is 26.7. The molecule has 190 valence electrons. The Balaban J connectivity index is 1.86. The standard InChI is InChI=1S/C27H24Br2N4O4/c1-16-6-5-7-17(10-16)15-37-24-18(11-20(29)13-23(24)33(35)36)14-30-32-25(34)21-12-19(28)8-9-22(21)31-26(32)27(2,3)4/h5-14H,15H2,1-4H3. The predicted octanol–water partition coefficient (Wildman–Crippen LogP) is 6.90. The van der Waals surface area contributed by atoms with E-state index in [1.807, 2.05) is 58.0 Å². The summed E-state index contributed by atoms with van der Waals surface area (Å²) in [5.74, 6) is 0.510. The molecule has 0 atom stereocenters. The van der Waals surface area contributed by atoms with Crippen molar-refractivity contribution in [3.8, 4) is 5.75 Å². The summed E-state index contributed by atoms with van der Waals surface area (Å²) < 4.78 is 8.43. The molecular weight excluding hydrogens is 604 g/mol. The van der Waals surface area contributed by atoms with E-state index in [2.05, 4.69) is 37.0 Å². The highest BCUT2D eigenvalue weighted by Gasteiger charge is 2.24. The van der Waals surface area contributed by atoms with E-state index < -0.39 is 10.3 Å². The Hall–Kier alpha value is -3.37. The van der Waals surface area contributed by atoms with Gasteiger partial charge in [-0.05, 0) is 36.8 Å². The van der Waals surface area contributed by atoms with Crippen LogP contribution >= 0.6 is 31.9 Å². The summed E-state index contributed by atoms with van der Waals surface area (Å²) >= 11 is 6.75. The number of aryl methyl sites for hydroxylation is 1. The van der Waals surface area contributed by atoms with E-state index in [4.69, 9.17) is 9.72 Å². The van der Waals surface area contributed by atoms with Crippen molar-refractivity contribution in [2.45, 2.75) is 39.7 Å². The van der Waals surface area contributed by atoms with Crippen molar-refractivity contribution in [2.75, 3.05) is 0 Å². The molecule has 0 saturated carbocycles. The lowest BCUT2D eigenvalue weighted by Gasteiger charge is -2.21. The summed E-state index contributed by atoms with van der Waals surface area (Å²) in [6.45, 7) is 7.90. The zero-order valence-corrected chi connectivity index (χ0v) is 23.8. The first-order valence-electron chi connectivity index (χ1n) is 11.4. The van der Waals surface area contributed by atoms with E-state index in [9.17, 15) is 14.9 Å². The Labute approximate surface area is 230 Å². The minimum absolute atomic E-state index is 0.0558. The third-order valence-electron chi connectivity index (χ3n) is 5.52. The van der Waals surface area contributed by atoms with Crippen molar-refractivity contribution in [3.63, 3.8) is 0 Å². The van der Waals surface area contributed by atoms with Gasteiger partial charge in [-0.15, -0.1) is 0 Å². The smallest absolute Gasteiger partial charge is 0.312 e. The van der Waals surface area contributed by atoms with Crippen LogP contribution in [0.2, 0.25) is 0 Å². The van der Waals surface area contributed by atoms with Crippen LogP contribution in [0.15, 0.2) is 73.4 Å². The normalized spacial score (nSPS) is 11.8. The Morgan fingerprint density at radius 3 is 2.54 bits per heavy atom. The summed E-state index contributed by atoms with van der Waals surface area (Å²) in [5, 5.41) is 16.7. The predicted molar refractivity (Wildman–Crippen MR) is 152 cm³/mol. The molecule has 10 heteroatoms. The molecule has 4 rings (SSSR count). The van der Waals surface area contributed by atoms with E-state index in [-0.39, 0.29) is 23.6 Å². The van der Waals surface area contributed by atoms with Crippen LogP contribution in [0.5, 0.6) is 5.75 Å². The molecule has 0 saturated heterocycles. The van der Waals surface area contributed by atoms with Gasteiger partial charge in [0, 0.05) is 26.0 Å². The fourth-order valence-corrected chi connectivity index (χ4v) is 4.63. The highest BCUT2D eigenvalue weighted by atomic mass is 79.9. The maximum absolute atomic E-state index is 13.5. The molecule has 1 heterocycles. The molecule has 0 aliphatic rings. The molecule has 0 fully saturated rings. The summed E-state index contributed by atoms with van der Waals surface area (Å²) in [6.07, 6.45) is 1.39. The summed E-state index contributed by atoms with van der Waals surface area (Å²) in [5.41, 5.74) is 1.76. The average molecular weight is 628 g/mol. The van der Waals surface area contributed by atoms with Crippen LogP contribution in [0.4, 0.5) is 5.69 Å². The van der Waals surface area contributed by atoms with Crippen LogP contribution in [-0.4, -0.2) is 20.8 Å². The number of hydrogen-bond acceptors (Lipinski definition) is 6. The van der Waals surface area contributed by atoms with Crippen molar-refractivity contribution >= 4 is 54.7 Å². The summed E-state index contributed by atoms with van der Waals surface area (Å²) in [7, 11) is 0. The number of aromatic nitrogens is 2. The van der Waals surface area contributed by atoms with E-state index >= 15 is 0 Å². The fourth-order valence-electron chi connectivity index (χ4n) is 3.81. The number of nitro groups is 1. The van der Waals surface area contributed by atoms with Gasteiger partial charge in [0.25, 0.3) is 5.56 Å². The minimum atomic E-state index is -0.508. The van der Waals surface area contributed by atoms with Crippen molar-refractivity contribution in [1.29, 1.82) is 0 Å². The average Bonchev–Trinajstić information content (AvgIpc) is 2.82. The lowest BCUT2D eigenvalue weighted by atomic mass is 9.95. The topological polar surface area (TPSA) is 99.6 Å². The quantitative estimate of drug-likeness (QED) is 0.132. The SMILES string of the molecule is Cc1cccc(COc2c(C=Nn3c(C(C)(C)C)nc4ccc(Br)cc4c3=O)cc(Br)cc2[N+](=O)[O-])c1. The van der Waals surface area contributed by atoms with Gasteiger partial charge in [-0.25, -0.2) is 4.98 Å². The number of rotatable bonds is 6. The second-order valence-electron chi connectivity index (χ2n) is 9.59. The van der Waals surface area contributed by atoms with Crippen LogP contribution in [0.1, 0.15) is 43.3 Å². The second-order valence-corrected chi connectivity index (χ2v) is 11.4. The molecule has 0 spiro atoms. The second kappa shape index (κ2) is 10.5. The molecule has 0 N–H and O–H groups in total.